The second-order valence-corrected chi connectivity index (χ2v) is 5.86. The number of hydrogen-bond donors (Lipinski definition) is 1. The molecule has 8 heteroatoms. The van der Waals surface area contributed by atoms with Crippen LogP contribution >= 0.6 is 24.0 Å². The van der Waals surface area contributed by atoms with Gasteiger partial charge in [0.15, 0.2) is 0 Å². The van der Waals surface area contributed by atoms with Gasteiger partial charge in [-0.3, -0.25) is 4.79 Å². The predicted molar refractivity (Wildman–Crippen MR) is 103 cm³/mol. The fraction of sp³-hybridized carbons (Fsp3) is 0.278. The first kappa shape index (κ1) is 21.9. The van der Waals surface area contributed by atoms with Gasteiger partial charge in [0.05, 0.1) is 30.0 Å². The molecule has 1 amide bonds. The number of methoxy groups -OCH3 is 1. The van der Waals surface area contributed by atoms with Crippen molar-refractivity contribution < 1.29 is 18.7 Å². The molecule has 0 aromatic heterocycles. The largest absolute Gasteiger partial charge is 0.496 e. The molecule has 0 spiro atoms. The van der Waals surface area contributed by atoms with Crippen LogP contribution < -0.4 is 15.2 Å². The Morgan fingerprint density at radius 1 is 1.27 bits per heavy atom. The minimum absolute atomic E-state index is 0. The number of rotatable bonds is 7. The average Bonchev–Trinajstić information content (AvgIpc) is 2.61. The maximum Gasteiger partial charge on any atom is 0.257 e. The topological polar surface area (TPSA) is 64.8 Å². The molecule has 0 saturated carbocycles. The zero-order chi connectivity index (χ0) is 18.4. The molecule has 0 fully saturated rings. The highest BCUT2D eigenvalue weighted by molar-refractivity contribution is 6.33. The smallest absolute Gasteiger partial charge is 0.257 e. The number of benzene rings is 2. The van der Waals surface area contributed by atoms with Crippen LogP contribution in [0.4, 0.5) is 10.1 Å². The number of anilines is 1. The number of carbonyl (C=O) groups is 1. The van der Waals surface area contributed by atoms with Gasteiger partial charge in [0.1, 0.15) is 17.3 Å². The minimum Gasteiger partial charge on any atom is -0.496 e. The van der Waals surface area contributed by atoms with E-state index in [1.165, 1.54) is 31.4 Å². The monoisotopic (exact) mass is 402 g/mol. The first-order valence-electron chi connectivity index (χ1n) is 7.69. The van der Waals surface area contributed by atoms with Crippen LogP contribution in [0.5, 0.6) is 11.5 Å². The summed E-state index contributed by atoms with van der Waals surface area (Å²) in [5.74, 6) is 0.429. The fourth-order valence-corrected chi connectivity index (χ4v) is 2.40. The van der Waals surface area contributed by atoms with E-state index in [0.29, 0.717) is 47.3 Å². The molecule has 2 aromatic rings. The predicted octanol–water partition coefficient (Wildman–Crippen LogP) is 4.03. The van der Waals surface area contributed by atoms with E-state index < -0.39 is 0 Å². The van der Waals surface area contributed by atoms with Crippen molar-refractivity contribution in [1.29, 1.82) is 0 Å². The molecule has 0 radical (unpaired) electrons. The van der Waals surface area contributed by atoms with E-state index in [9.17, 15) is 9.18 Å². The summed E-state index contributed by atoms with van der Waals surface area (Å²) in [7, 11) is 3.15. The second-order valence-electron chi connectivity index (χ2n) is 5.46. The standard InChI is InChI=1S/C18H20ClFN2O3.ClH/c1-22(8-3-9-25-13-6-4-12(20)5-7-13)18(23)14-10-15(19)16(21)11-17(14)24-2;/h4-7,10-11H,3,8-9,21H2,1-2H3;1H. The Hall–Kier alpha value is -2.18. The molecule has 5 nitrogen and oxygen atoms in total. The second kappa shape index (κ2) is 10.1. The molecule has 0 bridgehead atoms. The molecular formula is C18H21Cl2FN2O3. The first-order valence-corrected chi connectivity index (χ1v) is 8.07. The van der Waals surface area contributed by atoms with Crippen molar-refractivity contribution >= 4 is 35.6 Å². The van der Waals surface area contributed by atoms with Crippen molar-refractivity contribution in [2.45, 2.75) is 6.42 Å². The molecular weight excluding hydrogens is 382 g/mol. The highest BCUT2D eigenvalue weighted by atomic mass is 35.5. The quantitative estimate of drug-likeness (QED) is 0.560. The zero-order valence-corrected chi connectivity index (χ0v) is 16.1. The molecule has 0 atom stereocenters. The summed E-state index contributed by atoms with van der Waals surface area (Å²) in [4.78, 5) is 14.1. The van der Waals surface area contributed by atoms with Gasteiger partial charge in [-0.25, -0.2) is 4.39 Å². The zero-order valence-electron chi connectivity index (χ0n) is 14.5. The Morgan fingerprint density at radius 3 is 2.54 bits per heavy atom. The Bertz CT molecular complexity index is 742. The van der Waals surface area contributed by atoms with E-state index in [-0.39, 0.29) is 24.1 Å². The van der Waals surface area contributed by atoms with Crippen molar-refractivity contribution in [2.75, 3.05) is 33.0 Å². The van der Waals surface area contributed by atoms with Gasteiger partial charge in [-0.1, -0.05) is 11.6 Å². The summed E-state index contributed by atoms with van der Waals surface area (Å²) in [6, 6.07) is 8.83. The summed E-state index contributed by atoms with van der Waals surface area (Å²) in [6.07, 6.45) is 0.616. The van der Waals surface area contributed by atoms with Crippen LogP contribution in [0, 0.1) is 5.82 Å². The van der Waals surface area contributed by atoms with Crippen LogP contribution in [0.3, 0.4) is 0 Å². The minimum atomic E-state index is -0.311. The highest BCUT2D eigenvalue weighted by Crippen LogP contribution is 2.29. The van der Waals surface area contributed by atoms with Gasteiger partial charge >= 0.3 is 0 Å². The van der Waals surface area contributed by atoms with Gasteiger partial charge in [-0.05, 0) is 36.8 Å². The van der Waals surface area contributed by atoms with E-state index in [2.05, 4.69) is 0 Å². The van der Waals surface area contributed by atoms with E-state index in [1.807, 2.05) is 0 Å². The number of nitrogen functional groups attached to an aromatic ring is 1. The van der Waals surface area contributed by atoms with Crippen molar-refractivity contribution in [1.82, 2.24) is 4.90 Å². The van der Waals surface area contributed by atoms with E-state index in [1.54, 1.807) is 24.1 Å². The molecule has 0 aliphatic rings. The lowest BCUT2D eigenvalue weighted by Gasteiger charge is -2.19. The van der Waals surface area contributed by atoms with Crippen molar-refractivity contribution in [2.24, 2.45) is 0 Å². The van der Waals surface area contributed by atoms with Crippen molar-refractivity contribution in [3.63, 3.8) is 0 Å². The molecule has 2 N–H and O–H groups in total. The number of hydrogen-bond acceptors (Lipinski definition) is 4. The van der Waals surface area contributed by atoms with Gasteiger partial charge in [0.25, 0.3) is 5.91 Å². The van der Waals surface area contributed by atoms with Crippen LogP contribution in [-0.2, 0) is 0 Å². The molecule has 0 saturated heterocycles. The van der Waals surface area contributed by atoms with Gasteiger partial charge in [-0.15, -0.1) is 12.4 Å². The normalized spacial score (nSPS) is 10.0. The van der Waals surface area contributed by atoms with Crippen LogP contribution in [0.15, 0.2) is 36.4 Å². The van der Waals surface area contributed by atoms with Gasteiger partial charge in [0, 0.05) is 19.7 Å². The molecule has 2 rings (SSSR count). The van der Waals surface area contributed by atoms with Gasteiger partial charge < -0.3 is 20.1 Å². The van der Waals surface area contributed by atoms with E-state index >= 15 is 0 Å². The third-order valence-electron chi connectivity index (χ3n) is 3.62. The Kier molecular flexibility index (Phi) is 8.48. The van der Waals surface area contributed by atoms with Crippen molar-refractivity contribution in [3.05, 3.63) is 52.8 Å². The SMILES string of the molecule is COc1cc(N)c(Cl)cc1C(=O)N(C)CCCOc1ccc(F)cc1.Cl. The Balaban J connectivity index is 0.00000338. The summed E-state index contributed by atoms with van der Waals surface area (Å²) in [5, 5.41) is 0.303. The summed E-state index contributed by atoms with van der Waals surface area (Å²) >= 11 is 6.00. The molecule has 0 aliphatic carbocycles. The van der Waals surface area contributed by atoms with Gasteiger partial charge in [-0.2, -0.15) is 0 Å². The summed E-state index contributed by atoms with van der Waals surface area (Å²) < 4.78 is 23.5. The van der Waals surface area contributed by atoms with Gasteiger partial charge in [0.2, 0.25) is 0 Å². The fourth-order valence-electron chi connectivity index (χ4n) is 2.23. The highest BCUT2D eigenvalue weighted by Gasteiger charge is 2.18. The number of nitrogens with zero attached hydrogens (tertiary/aromatic N) is 1. The number of nitrogens with two attached hydrogens (primary N) is 1. The van der Waals surface area contributed by atoms with Crippen LogP contribution in [0.25, 0.3) is 0 Å². The molecule has 0 unspecified atom stereocenters. The number of carbonyl (C=O) groups excluding carboxylic acids is 1. The first-order chi connectivity index (χ1) is 11.9. The number of halogens is 3. The Morgan fingerprint density at radius 2 is 1.92 bits per heavy atom. The molecule has 142 valence electrons. The lowest BCUT2D eigenvalue weighted by atomic mass is 10.1. The lowest BCUT2D eigenvalue weighted by Crippen LogP contribution is -2.29. The maximum atomic E-state index is 12.8. The average molecular weight is 403 g/mol. The third kappa shape index (κ3) is 5.68. The number of amides is 1. The lowest BCUT2D eigenvalue weighted by molar-refractivity contribution is 0.0784. The molecule has 2 aromatic carbocycles. The molecule has 0 heterocycles. The number of ether oxygens (including phenoxy) is 2. The van der Waals surface area contributed by atoms with Crippen LogP contribution in [0.2, 0.25) is 5.02 Å². The van der Waals surface area contributed by atoms with Crippen LogP contribution in [-0.4, -0.2) is 38.1 Å². The summed E-state index contributed by atoms with van der Waals surface area (Å²) in [6.45, 7) is 0.883. The molecule has 0 aliphatic heterocycles. The van der Waals surface area contributed by atoms with Crippen LogP contribution in [0.1, 0.15) is 16.8 Å². The summed E-state index contributed by atoms with van der Waals surface area (Å²) in [5.41, 5.74) is 6.43. The van der Waals surface area contributed by atoms with E-state index in [0.717, 1.165) is 0 Å². The van der Waals surface area contributed by atoms with Crippen molar-refractivity contribution in [3.8, 4) is 11.5 Å². The molecule has 26 heavy (non-hydrogen) atoms. The van der Waals surface area contributed by atoms with E-state index in [4.69, 9.17) is 26.8 Å². The maximum absolute atomic E-state index is 12.8. The Labute approximate surface area is 163 Å². The third-order valence-corrected chi connectivity index (χ3v) is 3.94.